The summed E-state index contributed by atoms with van der Waals surface area (Å²) < 4.78 is 8.46. The van der Waals surface area contributed by atoms with E-state index >= 15 is 0 Å². The van der Waals surface area contributed by atoms with Gasteiger partial charge in [-0.3, -0.25) is 0 Å². The molecule has 0 radical (unpaired) electrons. The van der Waals surface area contributed by atoms with Crippen molar-refractivity contribution in [1.29, 1.82) is 0 Å². The van der Waals surface area contributed by atoms with Crippen LogP contribution in [0, 0.1) is 6.92 Å². The lowest BCUT2D eigenvalue weighted by molar-refractivity contribution is 0.217. The van der Waals surface area contributed by atoms with Crippen LogP contribution in [0.15, 0.2) is 18.2 Å². The maximum Gasteiger partial charge on any atom is 0.120 e. The Morgan fingerprint density at radius 1 is 1.27 bits per heavy atom. The van der Waals surface area contributed by atoms with E-state index in [9.17, 15) is 0 Å². The van der Waals surface area contributed by atoms with Crippen LogP contribution in [0.5, 0.6) is 5.75 Å². The number of aromatic nitrogens is 1. The Hall–Kier alpha value is -1.48. The summed E-state index contributed by atoms with van der Waals surface area (Å²) in [5.74, 6) is 0.979. The fourth-order valence-corrected chi connectivity index (χ4v) is 2.92. The summed E-state index contributed by atoms with van der Waals surface area (Å²) in [5.41, 5.74) is 4.09. The van der Waals surface area contributed by atoms with Gasteiger partial charge in [-0.1, -0.05) is 20.3 Å². The summed E-state index contributed by atoms with van der Waals surface area (Å²) in [7, 11) is 2.01. The lowest BCUT2D eigenvalue weighted by Crippen LogP contribution is -2.09. The molecule has 22 heavy (non-hydrogen) atoms. The fourth-order valence-electron chi connectivity index (χ4n) is 2.92. The molecular weight excluding hydrogens is 272 g/mol. The first-order valence-electron chi connectivity index (χ1n) is 8.55. The second-order valence-corrected chi connectivity index (χ2v) is 6.12. The molecule has 1 N–H and O–H groups in total. The molecule has 1 unspecified atom stereocenters. The van der Waals surface area contributed by atoms with Crippen molar-refractivity contribution in [3.8, 4) is 5.75 Å². The summed E-state index contributed by atoms with van der Waals surface area (Å²) in [4.78, 5) is 0. The molecule has 2 rings (SSSR count). The van der Waals surface area contributed by atoms with Crippen LogP contribution in [0.1, 0.15) is 51.3 Å². The van der Waals surface area contributed by atoms with Crippen LogP contribution in [0.4, 0.5) is 0 Å². The molecule has 0 aliphatic rings. The van der Waals surface area contributed by atoms with Crippen molar-refractivity contribution >= 4 is 10.9 Å². The maximum atomic E-state index is 6.01. The van der Waals surface area contributed by atoms with Gasteiger partial charge in [0.05, 0.1) is 6.10 Å². The van der Waals surface area contributed by atoms with Crippen molar-refractivity contribution in [3.63, 3.8) is 0 Å². The van der Waals surface area contributed by atoms with Gasteiger partial charge in [0.25, 0.3) is 0 Å². The molecule has 0 aliphatic carbocycles. The first-order valence-corrected chi connectivity index (χ1v) is 8.55. The van der Waals surface area contributed by atoms with Crippen molar-refractivity contribution in [3.05, 3.63) is 29.5 Å². The van der Waals surface area contributed by atoms with Gasteiger partial charge in [-0.25, -0.2) is 0 Å². The molecule has 0 saturated heterocycles. The minimum atomic E-state index is 0.258. The molecule has 122 valence electrons. The number of ether oxygens (including phenoxy) is 1. The largest absolute Gasteiger partial charge is 0.491 e. The molecule has 3 heteroatoms. The molecule has 0 bridgehead atoms. The predicted molar refractivity (Wildman–Crippen MR) is 94.7 cm³/mol. The predicted octanol–water partition coefficient (Wildman–Crippen LogP) is 4.65. The van der Waals surface area contributed by atoms with Gasteiger partial charge in [0.1, 0.15) is 5.75 Å². The van der Waals surface area contributed by atoms with Gasteiger partial charge in [0.15, 0.2) is 0 Å². The highest BCUT2D eigenvalue weighted by atomic mass is 16.5. The summed E-state index contributed by atoms with van der Waals surface area (Å²) in [5, 5.41) is 4.63. The van der Waals surface area contributed by atoms with E-state index in [2.05, 4.69) is 55.8 Å². The van der Waals surface area contributed by atoms with Crippen LogP contribution in [0.25, 0.3) is 10.9 Å². The van der Waals surface area contributed by atoms with Crippen molar-refractivity contribution in [1.82, 2.24) is 9.88 Å². The number of nitrogens with one attached hydrogen (secondary N) is 1. The van der Waals surface area contributed by atoms with E-state index in [1.165, 1.54) is 35.0 Å². The van der Waals surface area contributed by atoms with Gasteiger partial charge in [0.2, 0.25) is 0 Å². The lowest BCUT2D eigenvalue weighted by Gasteiger charge is -2.13. The van der Waals surface area contributed by atoms with Crippen molar-refractivity contribution in [2.75, 3.05) is 7.05 Å². The zero-order valence-corrected chi connectivity index (χ0v) is 14.7. The van der Waals surface area contributed by atoms with Crippen molar-refractivity contribution in [2.24, 2.45) is 0 Å². The second kappa shape index (κ2) is 7.68. The third kappa shape index (κ3) is 3.46. The minimum Gasteiger partial charge on any atom is -0.491 e. The molecule has 0 aliphatic heterocycles. The van der Waals surface area contributed by atoms with Crippen LogP contribution >= 0.6 is 0 Å². The average molecular weight is 302 g/mol. The highest BCUT2D eigenvalue weighted by molar-refractivity contribution is 5.87. The lowest BCUT2D eigenvalue weighted by atomic mass is 10.1. The number of rotatable bonds is 8. The van der Waals surface area contributed by atoms with Gasteiger partial charge in [0, 0.05) is 29.7 Å². The summed E-state index contributed by atoms with van der Waals surface area (Å²) in [6.45, 7) is 10.7. The number of fused-ring (bicyclic) bond motifs is 1. The number of unbranched alkanes of at least 4 members (excludes halogenated alkanes) is 1. The number of aryl methyl sites for hydroxylation is 1. The number of hydrogen-bond donors (Lipinski definition) is 1. The molecule has 1 aromatic heterocycles. The van der Waals surface area contributed by atoms with Gasteiger partial charge in [-0.15, -0.1) is 0 Å². The normalized spacial score (nSPS) is 12.8. The molecular formula is C19H30N2O. The van der Waals surface area contributed by atoms with Crippen LogP contribution in [0.3, 0.4) is 0 Å². The molecule has 0 saturated carbocycles. The number of nitrogens with zero attached hydrogens (tertiary/aromatic N) is 1. The molecule has 3 nitrogen and oxygen atoms in total. The van der Waals surface area contributed by atoms with Crippen LogP contribution in [-0.4, -0.2) is 17.7 Å². The Bertz CT molecular complexity index is 615. The first kappa shape index (κ1) is 16.9. The van der Waals surface area contributed by atoms with E-state index < -0.39 is 0 Å². The molecule has 0 fully saturated rings. The van der Waals surface area contributed by atoms with E-state index in [0.29, 0.717) is 0 Å². The minimum absolute atomic E-state index is 0.258. The van der Waals surface area contributed by atoms with Gasteiger partial charge in [-0.2, -0.15) is 0 Å². The highest BCUT2D eigenvalue weighted by Crippen LogP contribution is 2.30. The molecule has 1 atom stereocenters. The van der Waals surface area contributed by atoms with Crippen LogP contribution < -0.4 is 10.1 Å². The standard InChI is InChI=1S/C19H30N2O/c1-6-8-11-21-15(4)18(13-20-5)17-12-16(9-10-19(17)21)22-14(3)7-2/h9-10,12,14,20H,6-8,11,13H2,1-5H3. The molecule has 2 aromatic rings. The Labute approximate surface area is 134 Å². The summed E-state index contributed by atoms with van der Waals surface area (Å²) in [6.07, 6.45) is 3.72. The monoisotopic (exact) mass is 302 g/mol. The van der Waals surface area contributed by atoms with E-state index in [-0.39, 0.29) is 6.10 Å². The Morgan fingerprint density at radius 2 is 2.05 bits per heavy atom. The van der Waals surface area contributed by atoms with Gasteiger partial charge >= 0.3 is 0 Å². The molecule has 1 aromatic carbocycles. The Morgan fingerprint density at radius 3 is 2.68 bits per heavy atom. The Balaban J connectivity index is 2.47. The van der Waals surface area contributed by atoms with Crippen molar-refractivity contribution in [2.45, 2.75) is 66.2 Å². The van der Waals surface area contributed by atoms with Crippen LogP contribution in [-0.2, 0) is 13.1 Å². The van der Waals surface area contributed by atoms with E-state index in [1.54, 1.807) is 0 Å². The fraction of sp³-hybridized carbons (Fsp3) is 0.579. The summed E-state index contributed by atoms with van der Waals surface area (Å²) >= 11 is 0. The zero-order chi connectivity index (χ0) is 16.1. The summed E-state index contributed by atoms with van der Waals surface area (Å²) in [6, 6.07) is 6.54. The zero-order valence-electron chi connectivity index (χ0n) is 14.7. The molecule has 0 amide bonds. The smallest absolute Gasteiger partial charge is 0.120 e. The van der Waals surface area contributed by atoms with Gasteiger partial charge < -0.3 is 14.6 Å². The van der Waals surface area contributed by atoms with E-state index in [1.807, 2.05) is 7.05 Å². The topological polar surface area (TPSA) is 26.2 Å². The van der Waals surface area contributed by atoms with Crippen molar-refractivity contribution < 1.29 is 4.74 Å². The van der Waals surface area contributed by atoms with Gasteiger partial charge in [-0.05, 0) is 57.5 Å². The quantitative estimate of drug-likeness (QED) is 0.768. The molecule has 1 heterocycles. The Kier molecular flexibility index (Phi) is 5.90. The van der Waals surface area contributed by atoms with E-state index in [0.717, 1.165) is 25.3 Å². The number of hydrogen-bond acceptors (Lipinski definition) is 2. The third-order valence-corrected chi connectivity index (χ3v) is 4.43. The second-order valence-electron chi connectivity index (χ2n) is 6.12. The first-order chi connectivity index (χ1) is 10.6. The highest BCUT2D eigenvalue weighted by Gasteiger charge is 2.14. The SMILES string of the molecule is CCCCn1c(C)c(CNC)c2cc(OC(C)CC)ccc21. The maximum absolute atomic E-state index is 6.01. The van der Waals surface area contributed by atoms with E-state index in [4.69, 9.17) is 4.74 Å². The van der Waals surface area contributed by atoms with Crippen LogP contribution in [0.2, 0.25) is 0 Å². The number of benzene rings is 1. The average Bonchev–Trinajstić information content (AvgIpc) is 2.77. The third-order valence-electron chi connectivity index (χ3n) is 4.43. The molecule has 0 spiro atoms.